The van der Waals surface area contributed by atoms with Gasteiger partial charge in [-0.25, -0.2) is 23.4 Å². The number of methoxy groups -OCH3 is 4. The van der Waals surface area contributed by atoms with Crippen LogP contribution in [0, 0.1) is 0 Å². The first-order valence-electron chi connectivity index (χ1n) is 11.4. The molecular formula is C24H26ClN7O6S. The minimum absolute atomic E-state index is 0.142. The quantitative estimate of drug-likeness (QED) is 0.280. The molecule has 15 heteroatoms. The molecule has 3 aromatic heterocycles. The van der Waals surface area contributed by atoms with Crippen LogP contribution in [0.25, 0.3) is 17.2 Å². The van der Waals surface area contributed by atoms with Crippen molar-refractivity contribution in [1.29, 1.82) is 0 Å². The molecule has 39 heavy (non-hydrogen) atoms. The highest BCUT2D eigenvalue weighted by Gasteiger charge is 2.35. The third-order valence-electron chi connectivity index (χ3n) is 5.75. The maximum absolute atomic E-state index is 13.6. The number of sulfonamides is 1. The van der Waals surface area contributed by atoms with Gasteiger partial charge in [0.2, 0.25) is 21.9 Å². The lowest BCUT2D eigenvalue weighted by atomic mass is 10.2. The van der Waals surface area contributed by atoms with E-state index in [1.54, 1.807) is 36.4 Å². The predicted molar refractivity (Wildman–Crippen MR) is 143 cm³/mol. The SMILES string of the molecule is COc1cccc(-c2nnc(NS(=O)(=O)C(C)C(OC)c3ncc(Cl)cn3)n2-c2c(OC)cccc2OC)n1. The van der Waals surface area contributed by atoms with Crippen LogP contribution in [-0.4, -0.2) is 71.8 Å². The van der Waals surface area contributed by atoms with E-state index in [9.17, 15) is 8.42 Å². The van der Waals surface area contributed by atoms with E-state index in [2.05, 4.69) is 29.9 Å². The van der Waals surface area contributed by atoms with E-state index < -0.39 is 21.4 Å². The number of nitrogens with one attached hydrogen (secondary N) is 1. The molecule has 13 nitrogen and oxygen atoms in total. The van der Waals surface area contributed by atoms with Gasteiger partial charge in [0, 0.05) is 25.6 Å². The number of pyridine rings is 1. The molecule has 0 amide bonds. The number of nitrogens with zero attached hydrogens (tertiary/aromatic N) is 6. The van der Waals surface area contributed by atoms with Gasteiger partial charge < -0.3 is 18.9 Å². The molecule has 2 atom stereocenters. The lowest BCUT2D eigenvalue weighted by Crippen LogP contribution is -2.33. The second-order valence-corrected chi connectivity index (χ2v) is 10.5. The zero-order valence-electron chi connectivity index (χ0n) is 21.7. The largest absolute Gasteiger partial charge is 0.494 e. The topological polar surface area (TPSA) is 152 Å². The van der Waals surface area contributed by atoms with Crippen LogP contribution in [0.5, 0.6) is 17.4 Å². The summed E-state index contributed by atoms with van der Waals surface area (Å²) in [6.07, 6.45) is 1.71. The molecule has 1 aromatic carbocycles. The molecule has 4 aromatic rings. The minimum Gasteiger partial charge on any atom is -0.494 e. The lowest BCUT2D eigenvalue weighted by molar-refractivity contribution is 0.0950. The van der Waals surface area contributed by atoms with Gasteiger partial charge in [0.25, 0.3) is 0 Å². The number of rotatable bonds is 11. The van der Waals surface area contributed by atoms with Crippen molar-refractivity contribution >= 4 is 27.6 Å². The van der Waals surface area contributed by atoms with E-state index in [0.29, 0.717) is 33.8 Å². The summed E-state index contributed by atoms with van der Waals surface area (Å²) < 4.78 is 53.1. The number of anilines is 1. The smallest absolute Gasteiger partial charge is 0.243 e. The van der Waals surface area contributed by atoms with Gasteiger partial charge in [-0.15, -0.1) is 10.2 Å². The van der Waals surface area contributed by atoms with Crippen molar-refractivity contribution < 1.29 is 27.4 Å². The van der Waals surface area contributed by atoms with Crippen molar-refractivity contribution in [2.45, 2.75) is 18.3 Å². The fraction of sp³-hybridized carbons (Fsp3) is 0.292. The van der Waals surface area contributed by atoms with E-state index >= 15 is 0 Å². The summed E-state index contributed by atoms with van der Waals surface area (Å²) in [6, 6.07) is 10.2. The van der Waals surface area contributed by atoms with Gasteiger partial charge in [-0.1, -0.05) is 23.7 Å². The van der Waals surface area contributed by atoms with Crippen molar-refractivity contribution in [1.82, 2.24) is 29.7 Å². The summed E-state index contributed by atoms with van der Waals surface area (Å²) >= 11 is 5.89. The number of hydrogen-bond donors (Lipinski definition) is 1. The Morgan fingerprint density at radius 2 is 1.56 bits per heavy atom. The van der Waals surface area contributed by atoms with Gasteiger partial charge >= 0.3 is 0 Å². The first-order chi connectivity index (χ1) is 18.7. The first kappa shape index (κ1) is 28.0. The van der Waals surface area contributed by atoms with Crippen LogP contribution in [0.4, 0.5) is 5.95 Å². The van der Waals surface area contributed by atoms with E-state index in [1.807, 2.05) is 0 Å². The van der Waals surface area contributed by atoms with Gasteiger partial charge in [0.15, 0.2) is 11.6 Å². The van der Waals surface area contributed by atoms with Gasteiger partial charge in [-0.3, -0.25) is 9.29 Å². The summed E-state index contributed by atoms with van der Waals surface area (Å²) in [5, 5.41) is 7.55. The van der Waals surface area contributed by atoms with Crippen molar-refractivity contribution in [3.05, 3.63) is 59.6 Å². The van der Waals surface area contributed by atoms with Crippen molar-refractivity contribution in [3.8, 4) is 34.6 Å². The molecule has 2 unspecified atom stereocenters. The van der Waals surface area contributed by atoms with Gasteiger partial charge in [-0.2, -0.15) is 0 Å². The van der Waals surface area contributed by atoms with Crippen LogP contribution in [0.1, 0.15) is 18.9 Å². The van der Waals surface area contributed by atoms with Crippen molar-refractivity contribution in [3.63, 3.8) is 0 Å². The third kappa shape index (κ3) is 5.72. The monoisotopic (exact) mass is 575 g/mol. The number of benzene rings is 1. The van der Waals surface area contributed by atoms with Crippen molar-refractivity contribution in [2.75, 3.05) is 33.2 Å². The Bertz CT molecular complexity index is 1530. The molecule has 0 fully saturated rings. The summed E-state index contributed by atoms with van der Waals surface area (Å²) in [6.45, 7) is 1.46. The van der Waals surface area contributed by atoms with E-state index in [4.69, 9.17) is 30.5 Å². The summed E-state index contributed by atoms with van der Waals surface area (Å²) in [5.41, 5.74) is 0.708. The van der Waals surface area contributed by atoms with Gasteiger partial charge in [0.1, 0.15) is 34.2 Å². The summed E-state index contributed by atoms with van der Waals surface area (Å²) in [5.74, 6) is 1.28. The Labute approximate surface area is 230 Å². The normalized spacial score (nSPS) is 13.0. The molecule has 0 aliphatic carbocycles. The zero-order chi connectivity index (χ0) is 28.2. The van der Waals surface area contributed by atoms with Crippen LogP contribution < -0.4 is 18.9 Å². The van der Waals surface area contributed by atoms with E-state index in [-0.39, 0.29) is 17.6 Å². The fourth-order valence-corrected chi connectivity index (χ4v) is 5.02. The molecule has 0 aliphatic rings. The minimum atomic E-state index is -4.17. The van der Waals surface area contributed by atoms with Crippen molar-refractivity contribution in [2.24, 2.45) is 0 Å². The molecule has 0 radical (unpaired) electrons. The standard InChI is InChI=1S/C24H26ClN7O6S/c1-14(21(38-5)22-26-12-15(25)13-27-22)39(33,34)31-24-30-29-23(16-8-6-11-19(28-16)37-4)32(24)20-17(35-2)9-7-10-18(20)36-3/h6-14,21H,1-5H3,(H,30,31). The van der Waals surface area contributed by atoms with Crippen LogP contribution in [0.3, 0.4) is 0 Å². The maximum Gasteiger partial charge on any atom is 0.243 e. The predicted octanol–water partition coefficient (Wildman–Crippen LogP) is 3.32. The molecular weight excluding hydrogens is 550 g/mol. The highest BCUT2D eigenvalue weighted by molar-refractivity contribution is 7.93. The highest BCUT2D eigenvalue weighted by Crippen LogP contribution is 2.38. The summed E-state index contributed by atoms with van der Waals surface area (Å²) in [4.78, 5) is 12.7. The van der Waals surface area contributed by atoms with Crippen LogP contribution in [0.2, 0.25) is 5.02 Å². The first-order valence-corrected chi connectivity index (χ1v) is 13.4. The zero-order valence-corrected chi connectivity index (χ0v) is 23.3. The maximum atomic E-state index is 13.6. The Hall–Kier alpha value is -4.01. The molecule has 0 saturated heterocycles. The second-order valence-electron chi connectivity index (χ2n) is 8.03. The fourth-order valence-electron chi connectivity index (χ4n) is 3.79. The molecule has 0 aliphatic heterocycles. The van der Waals surface area contributed by atoms with E-state index in [1.165, 1.54) is 52.3 Å². The van der Waals surface area contributed by atoms with E-state index in [0.717, 1.165) is 0 Å². The molecule has 0 saturated carbocycles. The number of para-hydroxylation sites is 1. The van der Waals surface area contributed by atoms with Crippen LogP contribution in [-0.2, 0) is 14.8 Å². The second kappa shape index (κ2) is 11.8. The number of hydrogen-bond acceptors (Lipinski definition) is 11. The molecule has 0 spiro atoms. The number of aromatic nitrogens is 6. The van der Waals surface area contributed by atoms with Gasteiger partial charge in [0.05, 0.1) is 26.4 Å². The lowest BCUT2D eigenvalue weighted by Gasteiger charge is -2.22. The number of halogens is 1. The molecule has 1 N–H and O–H groups in total. The van der Waals surface area contributed by atoms with Gasteiger partial charge in [-0.05, 0) is 25.1 Å². The average Bonchev–Trinajstić information content (AvgIpc) is 3.35. The molecule has 3 heterocycles. The number of ether oxygens (including phenoxy) is 4. The highest BCUT2D eigenvalue weighted by atomic mass is 35.5. The Morgan fingerprint density at radius 3 is 2.15 bits per heavy atom. The Balaban J connectivity index is 1.85. The summed E-state index contributed by atoms with van der Waals surface area (Å²) in [7, 11) is 1.63. The third-order valence-corrected chi connectivity index (χ3v) is 7.64. The Kier molecular flexibility index (Phi) is 8.47. The Morgan fingerprint density at radius 1 is 0.923 bits per heavy atom. The van der Waals surface area contributed by atoms with Crippen LogP contribution >= 0.6 is 11.6 Å². The van der Waals surface area contributed by atoms with Crippen LogP contribution in [0.15, 0.2) is 48.8 Å². The molecule has 4 rings (SSSR count). The molecule has 206 valence electrons. The molecule has 0 bridgehead atoms. The average molecular weight is 576 g/mol.